The first-order chi connectivity index (χ1) is 9.79. The molecule has 3 atom stereocenters. The van der Waals surface area contributed by atoms with E-state index in [2.05, 4.69) is 54.4 Å². The fraction of sp³-hybridized carbons (Fsp3) is 0.667. The lowest BCUT2D eigenvalue weighted by Gasteiger charge is -2.44. The lowest BCUT2D eigenvalue weighted by molar-refractivity contribution is 0.0716. The van der Waals surface area contributed by atoms with Crippen molar-refractivity contribution in [2.24, 2.45) is 5.92 Å². The van der Waals surface area contributed by atoms with Crippen LogP contribution in [0.4, 0.5) is 0 Å². The molecule has 0 amide bonds. The molecule has 1 saturated heterocycles. The molecule has 0 bridgehead atoms. The first-order valence-corrected chi connectivity index (χ1v) is 8.33. The second kappa shape index (κ2) is 6.28. The quantitative estimate of drug-likeness (QED) is 0.881. The minimum Gasteiger partial charge on any atom is -0.307 e. The number of nitrogens with one attached hydrogen (secondary N) is 1. The van der Waals surface area contributed by atoms with Crippen molar-refractivity contribution in [2.45, 2.75) is 57.7 Å². The van der Waals surface area contributed by atoms with E-state index in [1.165, 1.54) is 37.8 Å². The van der Waals surface area contributed by atoms with Crippen molar-refractivity contribution < 1.29 is 0 Å². The molecule has 0 aromatic heterocycles. The van der Waals surface area contributed by atoms with E-state index in [0.29, 0.717) is 6.04 Å². The zero-order valence-corrected chi connectivity index (χ0v) is 12.9. The van der Waals surface area contributed by atoms with Gasteiger partial charge in [0.25, 0.3) is 0 Å². The molecule has 2 nitrogen and oxygen atoms in total. The Labute approximate surface area is 123 Å². The molecule has 1 aromatic carbocycles. The van der Waals surface area contributed by atoms with E-state index in [4.69, 9.17) is 0 Å². The minimum absolute atomic E-state index is 0.505. The standard InChI is InChI=1S/C18H28N2/c1-3-7-14(2)20-13-17(15-8-5-4-6-9-15)19-12-18(20)16-10-11-16/h4-6,8-9,14,16-19H,3,7,10-13H2,1-2H3. The van der Waals surface area contributed by atoms with Crippen LogP contribution in [0, 0.1) is 5.92 Å². The number of hydrogen-bond acceptors (Lipinski definition) is 2. The van der Waals surface area contributed by atoms with Crippen LogP contribution < -0.4 is 5.32 Å². The molecule has 2 aliphatic rings. The van der Waals surface area contributed by atoms with Gasteiger partial charge in [0.05, 0.1) is 0 Å². The van der Waals surface area contributed by atoms with E-state index in [-0.39, 0.29) is 0 Å². The summed E-state index contributed by atoms with van der Waals surface area (Å²) in [5.41, 5.74) is 1.44. The Morgan fingerprint density at radius 3 is 2.65 bits per heavy atom. The summed E-state index contributed by atoms with van der Waals surface area (Å²) in [7, 11) is 0. The van der Waals surface area contributed by atoms with Crippen molar-refractivity contribution in [2.75, 3.05) is 13.1 Å². The molecule has 1 aliphatic carbocycles. The maximum absolute atomic E-state index is 3.79. The summed E-state index contributed by atoms with van der Waals surface area (Å²) in [6.45, 7) is 7.07. The average Bonchev–Trinajstić information content (AvgIpc) is 3.32. The Kier molecular flexibility index (Phi) is 4.42. The van der Waals surface area contributed by atoms with Crippen molar-refractivity contribution in [3.8, 4) is 0 Å². The van der Waals surface area contributed by atoms with E-state index in [1.807, 2.05) is 0 Å². The van der Waals surface area contributed by atoms with Gasteiger partial charge in [-0.15, -0.1) is 0 Å². The molecule has 1 heterocycles. The molecule has 2 fully saturated rings. The highest BCUT2D eigenvalue weighted by Crippen LogP contribution is 2.38. The van der Waals surface area contributed by atoms with Crippen molar-refractivity contribution in [3.63, 3.8) is 0 Å². The van der Waals surface area contributed by atoms with Crippen LogP contribution in [0.1, 0.15) is 51.1 Å². The maximum Gasteiger partial charge on any atom is 0.0450 e. The van der Waals surface area contributed by atoms with E-state index in [0.717, 1.165) is 24.5 Å². The van der Waals surface area contributed by atoms with Crippen LogP contribution >= 0.6 is 0 Å². The smallest absolute Gasteiger partial charge is 0.0450 e. The SMILES string of the molecule is CCCC(C)N1CC(c2ccccc2)NCC1C1CC1. The Morgan fingerprint density at radius 2 is 2.00 bits per heavy atom. The Morgan fingerprint density at radius 1 is 1.25 bits per heavy atom. The molecule has 0 spiro atoms. The molecule has 2 heteroatoms. The second-order valence-corrected chi connectivity index (χ2v) is 6.61. The van der Waals surface area contributed by atoms with E-state index in [1.54, 1.807) is 0 Å². The van der Waals surface area contributed by atoms with E-state index < -0.39 is 0 Å². The van der Waals surface area contributed by atoms with Crippen LogP contribution in [0.3, 0.4) is 0 Å². The summed E-state index contributed by atoms with van der Waals surface area (Å²) in [5.74, 6) is 0.957. The van der Waals surface area contributed by atoms with Gasteiger partial charge >= 0.3 is 0 Å². The maximum atomic E-state index is 3.79. The first kappa shape index (κ1) is 14.1. The summed E-state index contributed by atoms with van der Waals surface area (Å²) >= 11 is 0. The monoisotopic (exact) mass is 272 g/mol. The molecule has 1 N–H and O–H groups in total. The highest BCUT2D eigenvalue weighted by atomic mass is 15.3. The number of hydrogen-bond donors (Lipinski definition) is 1. The van der Waals surface area contributed by atoms with Gasteiger partial charge in [0.2, 0.25) is 0 Å². The van der Waals surface area contributed by atoms with Crippen LogP contribution in [-0.2, 0) is 0 Å². The molecule has 3 unspecified atom stereocenters. The van der Waals surface area contributed by atoms with Crippen molar-refractivity contribution in [1.82, 2.24) is 10.2 Å². The third kappa shape index (κ3) is 3.07. The van der Waals surface area contributed by atoms with Gasteiger partial charge in [0, 0.05) is 31.2 Å². The molecule has 3 rings (SSSR count). The van der Waals surface area contributed by atoms with Crippen molar-refractivity contribution in [3.05, 3.63) is 35.9 Å². The number of rotatable bonds is 5. The molecule has 1 aromatic rings. The highest BCUT2D eigenvalue weighted by molar-refractivity contribution is 5.20. The predicted molar refractivity (Wildman–Crippen MR) is 84.8 cm³/mol. The lowest BCUT2D eigenvalue weighted by Crippen LogP contribution is -2.56. The molecule has 20 heavy (non-hydrogen) atoms. The van der Waals surface area contributed by atoms with Gasteiger partial charge in [-0.05, 0) is 37.7 Å². The molecule has 110 valence electrons. The minimum atomic E-state index is 0.505. The van der Waals surface area contributed by atoms with Gasteiger partial charge in [-0.3, -0.25) is 4.90 Å². The van der Waals surface area contributed by atoms with Crippen LogP contribution in [-0.4, -0.2) is 30.1 Å². The predicted octanol–water partition coefficient (Wildman–Crippen LogP) is 3.60. The number of nitrogens with zero attached hydrogens (tertiary/aromatic N) is 1. The van der Waals surface area contributed by atoms with Gasteiger partial charge in [-0.25, -0.2) is 0 Å². The summed E-state index contributed by atoms with van der Waals surface area (Å²) in [6.07, 6.45) is 5.50. The Bertz CT molecular complexity index is 413. The largest absolute Gasteiger partial charge is 0.307 e. The van der Waals surface area contributed by atoms with E-state index in [9.17, 15) is 0 Å². The van der Waals surface area contributed by atoms with E-state index >= 15 is 0 Å². The normalized spacial score (nSPS) is 29.3. The summed E-state index contributed by atoms with van der Waals surface area (Å²) in [5, 5.41) is 3.79. The van der Waals surface area contributed by atoms with Crippen LogP contribution in [0.25, 0.3) is 0 Å². The molecule has 1 saturated carbocycles. The van der Waals surface area contributed by atoms with Gasteiger partial charge in [-0.2, -0.15) is 0 Å². The lowest BCUT2D eigenvalue weighted by atomic mass is 9.97. The molecule has 0 radical (unpaired) electrons. The summed E-state index contributed by atoms with van der Waals surface area (Å²) < 4.78 is 0. The first-order valence-electron chi connectivity index (χ1n) is 8.33. The third-order valence-corrected chi connectivity index (χ3v) is 5.03. The fourth-order valence-corrected chi connectivity index (χ4v) is 3.71. The van der Waals surface area contributed by atoms with Gasteiger partial charge in [0.15, 0.2) is 0 Å². The van der Waals surface area contributed by atoms with Gasteiger partial charge in [-0.1, -0.05) is 43.7 Å². The van der Waals surface area contributed by atoms with Gasteiger partial charge in [0.1, 0.15) is 0 Å². The Balaban J connectivity index is 1.72. The van der Waals surface area contributed by atoms with Crippen molar-refractivity contribution in [1.29, 1.82) is 0 Å². The fourth-order valence-electron chi connectivity index (χ4n) is 3.71. The van der Waals surface area contributed by atoms with Crippen molar-refractivity contribution >= 4 is 0 Å². The molecule has 1 aliphatic heterocycles. The summed E-state index contributed by atoms with van der Waals surface area (Å²) in [6, 6.07) is 12.9. The molecular weight excluding hydrogens is 244 g/mol. The number of benzene rings is 1. The highest BCUT2D eigenvalue weighted by Gasteiger charge is 2.40. The average molecular weight is 272 g/mol. The topological polar surface area (TPSA) is 15.3 Å². The Hall–Kier alpha value is -0.860. The van der Waals surface area contributed by atoms with Crippen LogP contribution in [0.2, 0.25) is 0 Å². The summed E-state index contributed by atoms with van der Waals surface area (Å²) in [4.78, 5) is 2.80. The third-order valence-electron chi connectivity index (χ3n) is 5.03. The number of piperazine rings is 1. The van der Waals surface area contributed by atoms with Crippen LogP contribution in [0.5, 0.6) is 0 Å². The zero-order chi connectivity index (χ0) is 13.9. The molecular formula is C18H28N2. The second-order valence-electron chi connectivity index (χ2n) is 6.61. The van der Waals surface area contributed by atoms with Crippen LogP contribution in [0.15, 0.2) is 30.3 Å². The zero-order valence-electron chi connectivity index (χ0n) is 12.9. The van der Waals surface area contributed by atoms with Gasteiger partial charge < -0.3 is 5.32 Å².